The van der Waals surface area contributed by atoms with Crippen LogP contribution in [0.1, 0.15) is 58.3 Å². The summed E-state index contributed by atoms with van der Waals surface area (Å²) in [6.45, 7) is 2.50. The Morgan fingerprint density at radius 2 is 1.38 bits per heavy atom. The first-order valence-electron chi connectivity index (χ1n) is 7.61. The van der Waals surface area contributed by atoms with Gasteiger partial charge in [0.15, 0.2) is 0 Å². The van der Waals surface area contributed by atoms with E-state index >= 15 is 0 Å². The fourth-order valence-electron chi connectivity index (χ4n) is 2.06. The first-order valence-corrected chi connectivity index (χ1v) is 9.02. The molecule has 5 heteroatoms. The Bertz CT molecular complexity index is 446. The van der Waals surface area contributed by atoms with E-state index < -0.39 is 10.1 Å². The summed E-state index contributed by atoms with van der Waals surface area (Å²) in [4.78, 5) is 0.236. The summed E-state index contributed by atoms with van der Waals surface area (Å²) in [7, 11) is -3.57. The van der Waals surface area contributed by atoms with Gasteiger partial charge in [-0.25, -0.2) is 0 Å². The first-order chi connectivity index (χ1) is 9.67. The van der Waals surface area contributed by atoms with Crippen LogP contribution in [0.2, 0.25) is 0 Å². The van der Waals surface area contributed by atoms with Gasteiger partial charge in [-0.3, -0.25) is 4.18 Å². The second-order valence-corrected chi connectivity index (χ2v) is 6.68. The van der Waals surface area contributed by atoms with Crippen LogP contribution in [0.5, 0.6) is 0 Å². The molecule has 0 aliphatic rings. The molecule has 0 aliphatic heterocycles. The Labute approximate surface area is 163 Å². The van der Waals surface area contributed by atoms with Crippen molar-refractivity contribution in [2.24, 2.45) is 0 Å². The van der Waals surface area contributed by atoms with Gasteiger partial charge in [-0.2, -0.15) is 8.42 Å². The van der Waals surface area contributed by atoms with Crippen LogP contribution in [0, 0.1) is 41.7 Å². The summed E-state index contributed by atoms with van der Waals surface area (Å²) >= 11 is 0. The minimum Gasteiger partial charge on any atom is -0.266 e. The van der Waals surface area contributed by atoms with E-state index in [1.54, 1.807) is 30.3 Å². The number of benzene rings is 1. The molecule has 0 N–H and O–H groups in total. The SMILES string of the molecule is CCCCCCCCCCOS(=O)(=O)c1ccccc1.[Ce]. The molecule has 0 aliphatic carbocycles. The van der Waals surface area contributed by atoms with E-state index in [9.17, 15) is 8.42 Å². The van der Waals surface area contributed by atoms with Gasteiger partial charge >= 0.3 is 0 Å². The Morgan fingerprint density at radius 3 is 1.95 bits per heavy atom. The second kappa shape index (κ2) is 13.0. The zero-order valence-corrected chi connectivity index (χ0v) is 16.8. The van der Waals surface area contributed by atoms with Crippen LogP contribution in [0.4, 0.5) is 0 Å². The molecule has 118 valence electrons. The monoisotopic (exact) mass is 438 g/mol. The predicted molar refractivity (Wildman–Crippen MR) is 82.2 cm³/mol. The van der Waals surface area contributed by atoms with Gasteiger partial charge in [0.2, 0.25) is 0 Å². The van der Waals surface area contributed by atoms with Crippen molar-refractivity contribution >= 4 is 10.1 Å². The van der Waals surface area contributed by atoms with Crippen molar-refractivity contribution in [3.05, 3.63) is 30.3 Å². The van der Waals surface area contributed by atoms with E-state index in [-0.39, 0.29) is 53.2 Å². The second-order valence-electron chi connectivity index (χ2n) is 5.06. The average molecular weight is 439 g/mol. The van der Waals surface area contributed by atoms with Crippen LogP contribution in [0.3, 0.4) is 0 Å². The number of hydrogen-bond donors (Lipinski definition) is 0. The molecule has 1 aromatic rings. The molecule has 21 heavy (non-hydrogen) atoms. The van der Waals surface area contributed by atoms with Gasteiger partial charge in [0.25, 0.3) is 10.1 Å². The van der Waals surface area contributed by atoms with Gasteiger partial charge in [-0.1, -0.05) is 70.1 Å². The maximum absolute atomic E-state index is 11.8. The molecule has 0 bridgehead atoms. The molecular formula is C16H26CeO3S. The maximum Gasteiger partial charge on any atom is 0.296 e. The summed E-state index contributed by atoms with van der Waals surface area (Å²) < 4.78 is 28.7. The van der Waals surface area contributed by atoms with E-state index in [2.05, 4.69) is 6.92 Å². The average Bonchev–Trinajstić information content (AvgIpc) is 2.46. The summed E-state index contributed by atoms with van der Waals surface area (Å²) in [6.07, 6.45) is 9.44. The van der Waals surface area contributed by atoms with Crippen molar-refractivity contribution in [2.75, 3.05) is 6.61 Å². The molecule has 0 saturated carbocycles. The minimum atomic E-state index is -3.57. The summed E-state index contributed by atoms with van der Waals surface area (Å²) in [5, 5.41) is 0. The van der Waals surface area contributed by atoms with E-state index in [1.807, 2.05) is 0 Å². The summed E-state index contributed by atoms with van der Waals surface area (Å²) in [5.41, 5.74) is 0. The summed E-state index contributed by atoms with van der Waals surface area (Å²) in [5.74, 6) is 0. The quantitative estimate of drug-likeness (QED) is 0.377. The predicted octanol–water partition coefficient (Wildman–Crippen LogP) is 4.53. The van der Waals surface area contributed by atoms with E-state index in [4.69, 9.17) is 4.18 Å². The van der Waals surface area contributed by atoms with Crippen LogP contribution in [0.25, 0.3) is 0 Å². The molecule has 0 spiro atoms. The van der Waals surface area contributed by atoms with Gasteiger partial charge in [-0.05, 0) is 18.6 Å². The Balaban J connectivity index is 0.00000400. The van der Waals surface area contributed by atoms with Gasteiger partial charge in [0.05, 0.1) is 11.5 Å². The van der Waals surface area contributed by atoms with Crippen molar-refractivity contribution in [3.63, 3.8) is 0 Å². The normalized spacial score (nSPS) is 11.1. The van der Waals surface area contributed by atoms with E-state index in [1.165, 1.54) is 38.5 Å². The van der Waals surface area contributed by atoms with Gasteiger partial charge < -0.3 is 0 Å². The minimum absolute atomic E-state index is 0. The molecule has 0 heterocycles. The van der Waals surface area contributed by atoms with Crippen LogP contribution in [-0.2, 0) is 14.3 Å². The third-order valence-corrected chi connectivity index (χ3v) is 4.59. The zero-order chi connectivity index (χ0) is 14.7. The molecule has 1 aromatic carbocycles. The number of rotatable bonds is 11. The molecule has 0 atom stereocenters. The Morgan fingerprint density at radius 1 is 0.857 bits per heavy atom. The zero-order valence-electron chi connectivity index (χ0n) is 12.9. The number of unbranched alkanes of at least 4 members (excludes halogenated alkanes) is 7. The van der Waals surface area contributed by atoms with Crippen molar-refractivity contribution < 1.29 is 54.3 Å². The first kappa shape index (κ1) is 21.5. The Hall–Kier alpha value is 0.507. The molecule has 0 saturated heterocycles. The number of hydrogen-bond acceptors (Lipinski definition) is 3. The fourth-order valence-corrected chi connectivity index (χ4v) is 3.02. The van der Waals surface area contributed by atoms with Crippen LogP contribution in [0.15, 0.2) is 35.2 Å². The topological polar surface area (TPSA) is 43.4 Å². The standard InChI is InChI=1S/C16H26O3S.Ce/c1-2-3-4-5-6-7-8-12-15-19-20(17,18)16-13-10-9-11-14-16;/h9-11,13-14H,2-8,12,15H2,1H3;. The summed E-state index contributed by atoms with van der Waals surface area (Å²) in [6, 6.07) is 8.31. The van der Waals surface area contributed by atoms with Crippen LogP contribution in [-0.4, -0.2) is 15.0 Å². The molecule has 0 aromatic heterocycles. The molecule has 3 nitrogen and oxygen atoms in total. The molecule has 0 amide bonds. The molecule has 0 unspecified atom stereocenters. The molecule has 1 rings (SSSR count). The third-order valence-electron chi connectivity index (χ3n) is 3.27. The fraction of sp³-hybridized carbons (Fsp3) is 0.625. The van der Waals surface area contributed by atoms with Crippen molar-refractivity contribution in [2.45, 2.75) is 63.2 Å². The Kier molecular flexibility index (Phi) is 13.3. The van der Waals surface area contributed by atoms with E-state index in [0.717, 1.165) is 12.8 Å². The van der Waals surface area contributed by atoms with Crippen molar-refractivity contribution in [3.8, 4) is 0 Å². The van der Waals surface area contributed by atoms with E-state index in [0.29, 0.717) is 0 Å². The van der Waals surface area contributed by atoms with Gasteiger partial charge in [0, 0.05) is 41.7 Å². The molecule has 0 radical (unpaired) electrons. The van der Waals surface area contributed by atoms with Crippen LogP contribution < -0.4 is 0 Å². The van der Waals surface area contributed by atoms with Crippen LogP contribution >= 0.6 is 0 Å². The van der Waals surface area contributed by atoms with Gasteiger partial charge in [-0.15, -0.1) is 0 Å². The largest absolute Gasteiger partial charge is 0.296 e. The third kappa shape index (κ3) is 10.00. The van der Waals surface area contributed by atoms with Crippen molar-refractivity contribution in [1.29, 1.82) is 0 Å². The molecule has 0 fully saturated rings. The maximum atomic E-state index is 11.8. The molecular weight excluding hydrogens is 412 g/mol. The smallest absolute Gasteiger partial charge is 0.266 e. The van der Waals surface area contributed by atoms with Crippen molar-refractivity contribution in [1.82, 2.24) is 0 Å². The van der Waals surface area contributed by atoms with Gasteiger partial charge in [0.1, 0.15) is 0 Å².